The number of hydrogen-bond donors (Lipinski definition) is 3. The topological polar surface area (TPSA) is 87.7 Å². The Labute approximate surface area is 197 Å². The Bertz CT molecular complexity index is 1090. The molecule has 34 heavy (non-hydrogen) atoms. The number of rotatable bonds is 5. The Kier molecular flexibility index (Phi) is 5.96. The molecule has 0 spiro atoms. The number of carbonyl (C=O) groups excluding carboxylic acids is 1. The lowest BCUT2D eigenvalue weighted by Gasteiger charge is -2.50. The van der Waals surface area contributed by atoms with Crippen molar-refractivity contribution in [3.05, 3.63) is 46.7 Å². The van der Waals surface area contributed by atoms with E-state index in [0.29, 0.717) is 18.7 Å². The standard InChI is InChI=1S/C24H32F2N6O2/c1-14-12-30(16-5-4-6-16)9-10-31(14)23(34)32-13-18-20(24(32,2)3)28-29-21(18)27-22(33)17-8-7-15(25)11-19(17)26/h7-8,11,14,16,23,34H,4-6,9-10,12-13H2,1-3H3,(H2,27,28,29,33)/t14-,23?/m0/s1. The second-order valence-corrected chi connectivity index (χ2v) is 10.2. The number of aliphatic hydroxyl groups excluding tert-OH is 1. The number of H-pyrrole nitrogens is 1. The third kappa shape index (κ3) is 3.92. The van der Waals surface area contributed by atoms with Crippen molar-refractivity contribution < 1.29 is 18.7 Å². The summed E-state index contributed by atoms with van der Waals surface area (Å²) in [6.07, 6.45) is 3.05. The summed E-state index contributed by atoms with van der Waals surface area (Å²) in [6, 6.07) is 3.72. The molecule has 2 fully saturated rings. The summed E-state index contributed by atoms with van der Waals surface area (Å²) >= 11 is 0. The first-order valence-corrected chi connectivity index (χ1v) is 12.0. The van der Waals surface area contributed by atoms with Crippen LogP contribution in [0, 0.1) is 11.6 Å². The summed E-state index contributed by atoms with van der Waals surface area (Å²) in [4.78, 5) is 19.3. The quantitative estimate of drug-likeness (QED) is 0.618. The van der Waals surface area contributed by atoms with Crippen molar-refractivity contribution in [3.63, 3.8) is 0 Å². The van der Waals surface area contributed by atoms with Gasteiger partial charge in [-0.05, 0) is 45.7 Å². The highest BCUT2D eigenvalue weighted by Gasteiger charge is 2.47. The third-order valence-corrected chi connectivity index (χ3v) is 7.81. The molecule has 1 aromatic carbocycles. The fourth-order valence-corrected chi connectivity index (χ4v) is 5.46. The van der Waals surface area contributed by atoms with Crippen LogP contribution in [-0.2, 0) is 12.1 Å². The number of benzene rings is 1. The van der Waals surface area contributed by atoms with Crippen LogP contribution < -0.4 is 5.32 Å². The fourth-order valence-electron chi connectivity index (χ4n) is 5.46. The Morgan fingerprint density at radius 1 is 1.29 bits per heavy atom. The van der Waals surface area contributed by atoms with E-state index in [1.54, 1.807) is 0 Å². The number of fused-ring (bicyclic) bond motifs is 1. The summed E-state index contributed by atoms with van der Waals surface area (Å²) in [6.45, 7) is 9.19. The maximum absolute atomic E-state index is 14.1. The second-order valence-electron chi connectivity index (χ2n) is 10.2. The summed E-state index contributed by atoms with van der Waals surface area (Å²) in [5, 5.41) is 21.3. The average Bonchev–Trinajstić information content (AvgIpc) is 3.24. The second kappa shape index (κ2) is 8.67. The maximum Gasteiger partial charge on any atom is 0.259 e. The molecule has 1 unspecified atom stereocenters. The number of nitrogens with zero attached hydrogens (tertiary/aromatic N) is 4. The van der Waals surface area contributed by atoms with E-state index >= 15 is 0 Å². The molecule has 0 bridgehead atoms. The van der Waals surface area contributed by atoms with Crippen LogP contribution in [0.2, 0.25) is 0 Å². The van der Waals surface area contributed by atoms with E-state index < -0.39 is 29.4 Å². The van der Waals surface area contributed by atoms with Gasteiger partial charge in [-0.25, -0.2) is 8.78 Å². The SMILES string of the molecule is C[C@H]1CN(C2CCC2)CCN1C(O)N1Cc2c(NC(=O)c3ccc(F)cc3F)n[nH]c2C1(C)C. The number of hydrogen-bond acceptors (Lipinski definition) is 6. The molecule has 1 aromatic heterocycles. The van der Waals surface area contributed by atoms with Crippen molar-refractivity contribution in [3.8, 4) is 0 Å². The van der Waals surface area contributed by atoms with Crippen molar-refractivity contribution in [2.45, 2.75) is 70.6 Å². The fraction of sp³-hybridized carbons (Fsp3) is 0.583. The highest BCUT2D eigenvalue weighted by Crippen LogP contribution is 2.42. The van der Waals surface area contributed by atoms with Gasteiger partial charge < -0.3 is 10.4 Å². The zero-order valence-electron chi connectivity index (χ0n) is 19.8. The minimum absolute atomic E-state index is 0.206. The lowest BCUT2D eigenvalue weighted by atomic mass is 9.90. The van der Waals surface area contributed by atoms with Crippen molar-refractivity contribution >= 4 is 11.7 Å². The summed E-state index contributed by atoms with van der Waals surface area (Å²) in [7, 11) is 0. The maximum atomic E-state index is 14.1. The predicted molar refractivity (Wildman–Crippen MR) is 123 cm³/mol. The molecule has 0 radical (unpaired) electrons. The number of amides is 1. The first kappa shape index (κ1) is 23.3. The normalized spacial score (nSPS) is 24.6. The molecule has 2 aromatic rings. The number of nitrogens with one attached hydrogen (secondary N) is 2. The molecule has 1 saturated heterocycles. The van der Waals surface area contributed by atoms with Gasteiger partial charge in [0.2, 0.25) is 0 Å². The van der Waals surface area contributed by atoms with Gasteiger partial charge in [0, 0.05) is 49.9 Å². The molecule has 5 rings (SSSR count). The van der Waals surface area contributed by atoms with Crippen LogP contribution in [0.1, 0.15) is 61.6 Å². The predicted octanol–water partition coefficient (Wildman–Crippen LogP) is 2.83. The van der Waals surface area contributed by atoms with E-state index in [9.17, 15) is 18.7 Å². The molecule has 3 heterocycles. The van der Waals surface area contributed by atoms with Gasteiger partial charge in [-0.1, -0.05) is 6.42 Å². The van der Waals surface area contributed by atoms with Gasteiger partial charge in [0.15, 0.2) is 12.2 Å². The zero-order valence-corrected chi connectivity index (χ0v) is 19.8. The van der Waals surface area contributed by atoms with Crippen LogP contribution in [0.3, 0.4) is 0 Å². The molecule has 2 aliphatic heterocycles. The van der Waals surface area contributed by atoms with Crippen LogP contribution in [-0.4, -0.2) is 74.0 Å². The van der Waals surface area contributed by atoms with Crippen molar-refractivity contribution in [1.29, 1.82) is 0 Å². The summed E-state index contributed by atoms with van der Waals surface area (Å²) < 4.78 is 27.3. The summed E-state index contributed by atoms with van der Waals surface area (Å²) in [5.41, 5.74) is 0.727. The van der Waals surface area contributed by atoms with E-state index in [4.69, 9.17) is 0 Å². The Morgan fingerprint density at radius 2 is 2.06 bits per heavy atom. The number of piperazine rings is 1. The minimum Gasteiger partial charge on any atom is -0.365 e. The average molecular weight is 475 g/mol. The van der Waals surface area contributed by atoms with Gasteiger partial charge in [-0.3, -0.25) is 24.6 Å². The van der Waals surface area contributed by atoms with Crippen LogP contribution in [0.25, 0.3) is 0 Å². The van der Waals surface area contributed by atoms with Gasteiger partial charge in [-0.2, -0.15) is 5.10 Å². The Morgan fingerprint density at radius 3 is 2.71 bits per heavy atom. The minimum atomic E-state index is -0.933. The van der Waals surface area contributed by atoms with E-state index in [2.05, 4.69) is 32.2 Å². The zero-order chi connectivity index (χ0) is 24.2. The number of aromatic nitrogens is 2. The molecule has 1 aliphatic carbocycles. The molecule has 3 N–H and O–H groups in total. The van der Waals surface area contributed by atoms with Gasteiger partial charge in [0.05, 0.1) is 16.8 Å². The molecular weight excluding hydrogens is 442 g/mol. The van der Waals surface area contributed by atoms with E-state index in [-0.39, 0.29) is 17.4 Å². The van der Waals surface area contributed by atoms with Crippen LogP contribution in [0.5, 0.6) is 0 Å². The van der Waals surface area contributed by atoms with Crippen molar-refractivity contribution in [2.24, 2.45) is 0 Å². The number of aromatic amines is 1. The Balaban J connectivity index is 1.30. The molecule has 8 nitrogen and oxygen atoms in total. The first-order chi connectivity index (χ1) is 16.2. The lowest BCUT2D eigenvalue weighted by Crippen LogP contribution is -2.63. The highest BCUT2D eigenvalue weighted by molar-refractivity contribution is 6.04. The van der Waals surface area contributed by atoms with E-state index in [0.717, 1.165) is 43.0 Å². The van der Waals surface area contributed by atoms with E-state index in [1.807, 2.05) is 18.7 Å². The van der Waals surface area contributed by atoms with Crippen molar-refractivity contribution in [2.75, 3.05) is 25.0 Å². The molecule has 1 saturated carbocycles. The monoisotopic (exact) mass is 474 g/mol. The Hall–Kier alpha value is -2.40. The van der Waals surface area contributed by atoms with Crippen molar-refractivity contribution in [1.82, 2.24) is 24.9 Å². The number of carbonyl (C=O) groups is 1. The van der Waals surface area contributed by atoms with Gasteiger partial charge in [0.25, 0.3) is 5.91 Å². The number of halogens is 2. The van der Waals surface area contributed by atoms with Crippen LogP contribution >= 0.6 is 0 Å². The molecule has 1 amide bonds. The van der Waals surface area contributed by atoms with E-state index in [1.165, 1.54) is 19.3 Å². The first-order valence-electron chi connectivity index (χ1n) is 12.0. The summed E-state index contributed by atoms with van der Waals surface area (Å²) in [5.74, 6) is -2.10. The van der Waals surface area contributed by atoms with Crippen LogP contribution in [0.4, 0.5) is 14.6 Å². The lowest BCUT2D eigenvalue weighted by molar-refractivity contribution is -0.176. The van der Waals surface area contributed by atoms with Gasteiger partial charge in [0.1, 0.15) is 11.6 Å². The number of anilines is 1. The molecule has 2 atom stereocenters. The largest absolute Gasteiger partial charge is 0.365 e. The number of aliphatic hydroxyl groups is 1. The highest BCUT2D eigenvalue weighted by atomic mass is 19.1. The van der Waals surface area contributed by atoms with Gasteiger partial charge >= 0.3 is 0 Å². The molecule has 184 valence electrons. The molecule has 3 aliphatic rings. The molecular formula is C24H32F2N6O2. The smallest absolute Gasteiger partial charge is 0.259 e. The van der Waals surface area contributed by atoms with Gasteiger partial charge in [-0.15, -0.1) is 0 Å². The molecule has 10 heteroatoms. The van der Waals surface area contributed by atoms with Crippen LogP contribution in [0.15, 0.2) is 18.2 Å². The third-order valence-electron chi connectivity index (χ3n) is 7.81.